The Kier molecular flexibility index (Phi) is 1.72. The van der Waals surface area contributed by atoms with Crippen molar-refractivity contribution in [3.63, 3.8) is 0 Å². The molecule has 0 aromatic heterocycles. The Morgan fingerprint density at radius 2 is 2.07 bits per heavy atom. The summed E-state index contributed by atoms with van der Waals surface area (Å²) in [6, 6.07) is 9.00. The summed E-state index contributed by atoms with van der Waals surface area (Å²) in [4.78, 5) is 2.17. The maximum absolute atomic E-state index is 13.0. The molecule has 0 radical (unpaired) electrons. The number of hydrogen-bond acceptors (Lipinski definition) is 2. The van der Waals surface area contributed by atoms with Crippen LogP contribution in [0, 0.1) is 34.9 Å². The normalized spacial score (nSPS) is 32.3. The van der Waals surface area contributed by atoms with Crippen LogP contribution < -0.4 is 4.90 Å². The Morgan fingerprint density at radius 3 is 2.67 bits per heavy atom. The topological polar surface area (TPSA) is 27.0 Å². The minimum Gasteiger partial charge on any atom is -0.371 e. The monoisotopic (exact) mass is 202 g/mol. The summed E-state index contributed by atoms with van der Waals surface area (Å²) < 4.78 is 13.0. The van der Waals surface area contributed by atoms with Crippen LogP contribution in [0.2, 0.25) is 0 Å². The van der Waals surface area contributed by atoms with Crippen LogP contribution in [0.1, 0.15) is 0 Å². The van der Waals surface area contributed by atoms with Gasteiger partial charge < -0.3 is 4.90 Å². The SMILES string of the molecule is N#CC1[C@H]2CN(c3cccc(F)c3)C[C@@H]12. The fourth-order valence-electron chi connectivity index (χ4n) is 2.60. The summed E-state index contributed by atoms with van der Waals surface area (Å²) in [5.74, 6) is 1.12. The van der Waals surface area contributed by atoms with E-state index in [1.54, 1.807) is 12.1 Å². The second-order valence-electron chi connectivity index (χ2n) is 4.37. The standard InChI is InChI=1S/C12H11FN2/c13-8-2-1-3-9(4-8)15-6-11-10(5-14)12(11)7-15/h1-4,10-12H,6-7H2/t10?,11-,12+. The highest BCUT2D eigenvalue weighted by Gasteiger charge is 2.56. The molecule has 1 aliphatic heterocycles. The lowest BCUT2D eigenvalue weighted by Crippen LogP contribution is -2.23. The van der Waals surface area contributed by atoms with Crippen molar-refractivity contribution in [3.05, 3.63) is 30.1 Å². The van der Waals surface area contributed by atoms with E-state index >= 15 is 0 Å². The molecule has 15 heavy (non-hydrogen) atoms. The van der Waals surface area contributed by atoms with Crippen LogP contribution in [0.4, 0.5) is 10.1 Å². The number of anilines is 1. The number of nitrogens with zero attached hydrogens (tertiary/aromatic N) is 2. The summed E-state index contributed by atoms with van der Waals surface area (Å²) in [6.45, 7) is 1.82. The average molecular weight is 202 g/mol. The molecule has 0 bridgehead atoms. The highest BCUT2D eigenvalue weighted by atomic mass is 19.1. The molecular weight excluding hydrogens is 191 g/mol. The summed E-state index contributed by atoms with van der Waals surface area (Å²) in [5.41, 5.74) is 0.943. The fourth-order valence-corrected chi connectivity index (χ4v) is 2.60. The van der Waals surface area contributed by atoms with Crippen LogP contribution in [0.5, 0.6) is 0 Å². The molecule has 1 heterocycles. The number of benzene rings is 1. The first kappa shape index (κ1) is 8.72. The molecule has 1 aromatic rings. The van der Waals surface area contributed by atoms with Crippen LogP contribution in [0.25, 0.3) is 0 Å². The number of piperidine rings is 1. The van der Waals surface area contributed by atoms with Crippen LogP contribution in [0.3, 0.4) is 0 Å². The number of fused-ring (bicyclic) bond motifs is 1. The van der Waals surface area contributed by atoms with Gasteiger partial charge in [-0.05, 0) is 30.0 Å². The number of halogens is 1. The molecule has 3 rings (SSSR count). The Bertz CT molecular complexity index is 425. The largest absolute Gasteiger partial charge is 0.371 e. The van der Waals surface area contributed by atoms with Gasteiger partial charge in [0.2, 0.25) is 0 Å². The van der Waals surface area contributed by atoms with Gasteiger partial charge in [-0.2, -0.15) is 5.26 Å². The molecule has 1 unspecified atom stereocenters. The number of hydrogen-bond donors (Lipinski definition) is 0. The molecule has 2 fully saturated rings. The Morgan fingerprint density at radius 1 is 1.33 bits per heavy atom. The van der Waals surface area contributed by atoms with E-state index < -0.39 is 0 Å². The van der Waals surface area contributed by atoms with Crippen LogP contribution in [-0.4, -0.2) is 13.1 Å². The first-order valence-electron chi connectivity index (χ1n) is 5.20. The Labute approximate surface area is 87.9 Å². The smallest absolute Gasteiger partial charge is 0.125 e. The van der Waals surface area contributed by atoms with Crippen molar-refractivity contribution < 1.29 is 4.39 Å². The van der Waals surface area contributed by atoms with E-state index in [1.807, 2.05) is 6.07 Å². The third-order valence-electron chi connectivity index (χ3n) is 3.52. The zero-order chi connectivity index (χ0) is 10.4. The Hall–Kier alpha value is -1.56. The van der Waals surface area contributed by atoms with Gasteiger partial charge in [-0.1, -0.05) is 6.07 Å². The molecule has 0 amide bonds. The molecule has 0 spiro atoms. The quantitative estimate of drug-likeness (QED) is 0.696. The van der Waals surface area contributed by atoms with Gasteiger partial charge in [0.15, 0.2) is 0 Å². The zero-order valence-corrected chi connectivity index (χ0v) is 8.23. The summed E-state index contributed by atoms with van der Waals surface area (Å²) in [5, 5.41) is 8.78. The molecule has 1 aliphatic carbocycles. The van der Waals surface area contributed by atoms with Crippen molar-refractivity contribution >= 4 is 5.69 Å². The van der Waals surface area contributed by atoms with Crippen LogP contribution in [-0.2, 0) is 0 Å². The van der Waals surface area contributed by atoms with E-state index in [0.717, 1.165) is 18.8 Å². The third kappa shape index (κ3) is 1.29. The average Bonchev–Trinajstić information content (AvgIpc) is 2.70. The second-order valence-corrected chi connectivity index (χ2v) is 4.37. The van der Waals surface area contributed by atoms with Crippen LogP contribution >= 0.6 is 0 Å². The third-order valence-corrected chi connectivity index (χ3v) is 3.52. The minimum atomic E-state index is -0.190. The molecule has 3 heteroatoms. The first-order valence-corrected chi connectivity index (χ1v) is 5.20. The predicted octanol–water partition coefficient (Wildman–Crippen LogP) is 2.03. The van der Waals surface area contributed by atoms with Crippen molar-refractivity contribution in [2.45, 2.75) is 0 Å². The van der Waals surface area contributed by atoms with E-state index in [-0.39, 0.29) is 11.7 Å². The Balaban J connectivity index is 1.75. The van der Waals surface area contributed by atoms with Crippen LogP contribution in [0.15, 0.2) is 24.3 Å². The summed E-state index contributed by atoms with van der Waals surface area (Å²) in [6.07, 6.45) is 0. The van der Waals surface area contributed by atoms with Crippen molar-refractivity contribution in [2.24, 2.45) is 17.8 Å². The molecule has 2 nitrogen and oxygen atoms in total. The van der Waals surface area contributed by atoms with Gasteiger partial charge >= 0.3 is 0 Å². The van der Waals surface area contributed by atoms with E-state index in [0.29, 0.717) is 11.8 Å². The molecule has 2 aliphatic rings. The molecule has 0 N–H and O–H groups in total. The highest BCUT2D eigenvalue weighted by molar-refractivity contribution is 5.49. The van der Waals surface area contributed by atoms with Gasteiger partial charge in [0.1, 0.15) is 5.82 Å². The predicted molar refractivity (Wildman–Crippen MR) is 54.7 cm³/mol. The van der Waals surface area contributed by atoms with Gasteiger partial charge in [0, 0.05) is 18.8 Å². The number of rotatable bonds is 1. The van der Waals surface area contributed by atoms with E-state index in [2.05, 4.69) is 11.0 Å². The van der Waals surface area contributed by atoms with Crippen molar-refractivity contribution in [3.8, 4) is 6.07 Å². The molecule has 76 valence electrons. The summed E-state index contributed by atoms with van der Waals surface area (Å²) >= 11 is 0. The fraction of sp³-hybridized carbons (Fsp3) is 0.417. The lowest BCUT2D eigenvalue weighted by molar-refractivity contribution is 0.626. The minimum absolute atomic E-state index is 0.190. The van der Waals surface area contributed by atoms with Gasteiger partial charge in [-0.15, -0.1) is 0 Å². The maximum Gasteiger partial charge on any atom is 0.125 e. The molecule has 1 saturated heterocycles. The van der Waals surface area contributed by atoms with E-state index in [1.165, 1.54) is 6.07 Å². The lowest BCUT2D eigenvalue weighted by Gasteiger charge is -2.20. The highest BCUT2D eigenvalue weighted by Crippen LogP contribution is 2.51. The van der Waals surface area contributed by atoms with Gasteiger partial charge in [0.25, 0.3) is 0 Å². The van der Waals surface area contributed by atoms with Crippen molar-refractivity contribution in [1.82, 2.24) is 0 Å². The second kappa shape index (κ2) is 2.96. The molecule has 1 saturated carbocycles. The molecular formula is C12H11FN2. The van der Waals surface area contributed by atoms with E-state index in [9.17, 15) is 4.39 Å². The van der Waals surface area contributed by atoms with Gasteiger partial charge in [-0.3, -0.25) is 0 Å². The van der Waals surface area contributed by atoms with Crippen molar-refractivity contribution in [2.75, 3.05) is 18.0 Å². The zero-order valence-electron chi connectivity index (χ0n) is 8.23. The maximum atomic E-state index is 13.0. The molecule has 1 aromatic carbocycles. The summed E-state index contributed by atoms with van der Waals surface area (Å²) in [7, 11) is 0. The van der Waals surface area contributed by atoms with Crippen molar-refractivity contribution in [1.29, 1.82) is 5.26 Å². The van der Waals surface area contributed by atoms with Gasteiger partial charge in [-0.25, -0.2) is 4.39 Å². The van der Waals surface area contributed by atoms with E-state index in [4.69, 9.17) is 5.26 Å². The molecule has 3 atom stereocenters. The van der Waals surface area contributed by atoms with Gasteiger partial charge in [0.05, 0.1) is 12.0 Å². The lowest BCUT2D eigenvalue weighted by atomic mass is 10.2. The first-order chi connectivity index (χ1) is 7.29. The number of nitriles is 1.